The molecule has 5 rings (SSSR count). The number of nitrogens with one attached hydrogen (secondary N) is 1. The summed E-state index contributed by atoms with van der Waals surface area (Å²) >= 11 is 0. The number of fused-ring (bicyclic) bond motifs is 2. The Hall–Kier alpha value is -3.75. The summed E-state index contributed by atoms with van der Waals surface area (Å²) in [6.45, 7) is 20.1. The second kappa shape index (κ2) is 17.8. The second-order valence-corrected chi connectivity index (χ2v) is 18.2. The third-order valence-corrected chi connectivity index (χ3v) is 12.8. The number of cyclic esters (lactones) is 1. The molecule has 13 heteroatoms. The first-order chi connectivity index (χ1) is 27.1. The molecule has 1 aromatic carbocycles. The van der Waals surface area contributed by atoms with Gasteiger partial charge in [-0.15, -0.1) is 0 Å². The van der Waals surface area contributed by atoms with Crippen LogP contribution < -0.4 is 5.32 Å². The Morgan fingerprint density at radius 2 is 1.72 bits per heavy atom. The number of aromatic nitrogens is 1. The maximum absolute atomic E-state index is 14.6. The number of Topliss-reactive ketones (excluding diaryl/α,β-unsaturated/α-hetero) is 2. The minimum Gasteiger partial charge on any atom is -0.458 e. The van der Waals surface area contributed by atoms with E-state index in [0.717, 1.165) is 16.5 Å². The number of pyridine rings is 1. The van der Waals surface area contributed by atoms with Gasteiger partial charge in [0.25, 0.3) is 0 Å². The van der Waals surface area contributed by atoms with Gasteiger partial charge in [0.15, 0.2) is 17.7 Å². The van der Waals surface area contributed by atoms with Gasteiger partial charge in [-0.05, 0) is 92.5 Å². The van der Waals surface area contributed by atoms with Crippen molar-refractivity contribution in [1.29, 1.82) is 0 Å². The lowest BCUT2D eigenvalue weighted by Gasteiger charge is -2.49. The van der Waals surface area contributed by atoms with Crippen LogP contribution in [-0.4, -0.2) is 112 Å². The second-order valence-electron chi connectivity index (χ2n) is 18.2. The molecule has 0 radical (unpaired) electrons. The van der Waals surface area contributed by atoms with Gasteiger partial charge in [0, 0.05) is 40.9 Å². The van der Waals surface area contributed by atoms with Crippen LogP contribution in [0, 0.1) is 23.7 Å². The summed E-state index contributed by atoms with van der Waals surface area (Å²) in [5, 5.41) is 15.7. The Morgan fingerprint density at radius 1 is 1.03 bits per heavy atom. The van der Waals surface area contributed by atoms with Crippen LogP contribution in [0.1, 0.15) is 101 Å². The zero-order chi connectivity index (χ0) is 42.9. The molecule has 1 amide bonds. The molecule has 58 heavy (non-hydrogen) atoms. The maximum atomic E-state index is 14.6. The van der Waals surface area contributed by atoms with Gasteiger partial charge in [0.05, 0.1) is 36.0 Å². The fourth-order valence-corrected chi connectivity index (χ4v) is 9.10. The minimum atomic E-state index is -1.38. The molecule has 0 saturated carbocycles. The van der Waals surface area contributed by atoms with Crippen LogP contribution in [-0.2, 0) is 38.1 Å². The molecule has 13 nitrogen and oxygen atoms in total. The van der Waals surface area contributed by atoms with E-state index >= 15 is 0 Å². The number of ether oxygens (including phenoxy) is 5. The molecule has 13 atom stereocenters. The topological polar surface area (TPSA) is 163 Å². The lowest BCUT2D eigenvalue weighted by atomic mass is 9.73. The van der Waals surface area contributed by atoms with Gasteiger partial charge in [-0.1, -0.05) is 58.0 Å². The lowest BCUT2D eigenvalue weighted by Crippen LogP contribution is -2.62. The van der Waals surface area contributed by atoms with Crippen molar-refractivity contribution in [3.05, 3.63) is 48.2 Å². The predicted octanol–water partition coefficient (Wildman–Crippen LogP) is 6.28. The van der Waals surface area contributed by atoms with E-state index in [1.165, 1.54) is 6.92 Å². The number of nitrogens with zero attached hydrogens (tertiary/aromatic N) is 2. The molecule has 320 valence electrons. The summed E-state index contributed by atoms with van der Waals surface area (Å²) in [5.41, 5.74) is -1.31. The zero-order valence-corrected chi connectivity index (χ0v) is 36.3. The van der Waals surface area contributed by atoms with Gasteiger partial charge in [0.2, 0.25) is 0 Å². The molecule has 2 N–H and O–H groups in total. The van der Waals surface area contributed by atoms with E-state index in [0.29, 0.717) is 6.42 Å². The van der Waals surface area contributed by atoms with Gasteiger partial charge < -0.3 is 34.1 Å². The number of carbonyl (C=O) groups is 4. The van der Waals surface area contributed by atoms with Crippen LogP contribution in [0.2, 0.25) is 0 Å². The van der Waals surface area contributed by atoms with E-state index in [1.54, 1.807) is 47.7 Å². The summed E-state index contributed by atoms with van der Waals surface area (Å²) in [5.74, 6) is -5.16. The molecule has 0 spiro atoms. The molecule has 2 aromatic rings. The van der Waals surface area contributed by atoms with E-state index in [9.17, 15) is 24.3 Å². The summed E-state index contributed by atoms with van der Waals surface area (Å²) in [6.07, 6.45) is 1.01. The van der Waals surface area contributed by atoms with Crippen LogP contribution in [0.25, 0.3) is 17.0 Å². The monoisotopic (exact) mass is 807 g/mol. The highest BCUT2D eigenvalue weighted by Gasteiger charge is 2.57. The van der Waals surface area contributed by atoms with E-state index in [2.05, 4.69) is 36.0 Å². The van der Waals surface area contributed by atoms with Gasteiger partial charge in [-0.25, -0.2) is 4.79 Å². The average molecular weight is 808 g/mol. The van der Waals surface area contributed by atoms with Crippen molar-refractivity contribution >= 4 is 40.6 Å². The van der Waals surface area contributed by atoms with Crippen molar-refractivity contribution in [3.8, 4) is 0 Å². The molecule has 0 bridgehead atoms. The summed E-state index contributed by atoms with van der Waals surface area (Å²) in [4.78, 5) is 62.4. The van der Waals surface area contributed by atoms with Crippen LogP contribution in [0.4, 0.5) is 4.79 Å². The summed E-state index contributed by atoms with van der Waals surface area (Å²) in [7, 11) is 1.95. The number of benzene rings is 1. The molecule has 3 fully saturated rings. The van der Waals surface area contributed by atoms with E-state index in [-0.39, 0.29) is 42.9 Å². The molecule has 0 unspecified atom stereocenters. The highest BCUT2D eigenvalue weighted by molar-refractivity contribution is 6.00. The molecule has 3 aliphatic heterocycles. The Labute approximate surface area is 343 Å². The summed E-state index contributed by atoms with van der Waals surface area (Å²) < 4.78 is 31.7. The number of aliphatic hydroxyl groups is 1. The number of likely N-dealkylation sites (N-methyl/N-ethyl adjacent to an activating group) is 1. The zero-order valence-electron chi connectivity index (χ0n) is 36.3. The van der Waals surface area contributed by atoms with Gasteiger partial charge in [-0.3, -0.25) is 24.3 Å². The average Bonchev–Trinajstić information content (AvgIpc) is 3.49. The molecule has 1 aromatic heterocycles. The number of esters is 1. The largest absolute Gasteiger partial charge is 0.458 e. The first kappa shape index (κ1) is 45.3. The Balaban J connectivity index is 1.57. The maximum Gasteiger partial charge on any atom is 0.408 e. The number of rotatable bonds is 8. The van der Waals surface area contributed by atoms with E-state index in [4.69, 9.17) is 23.7 Å². The number of hydrogen-bond donors (Lipinski definition) is 2. The van der Waals surface area contributed by atoms with E-state index < -0.39 is 83.4 Å². The molecule has 4 heterocycles. The number of ketones is 2. The number of carbonyl (C=O) groups excluding carboxylic acids is 4. The first-order valence-corrected chi connectivity index (χ1v) is 20.8. The van der Waals surface area contributed by atoms with Crippen molar-refractivity contribution in [1.82, 2.24) is 15.2 Å². The van der Waals surface area contributed by atoms with E-state index in [1.807, 2.05) is 56.5 Å². The number of amides is 1. The van der Waals surface area contributed by atoms with Crippen molar-refractivity contribution < 1.29 is 48.0 Å². The molecular weight excluding hydrogens is 743 g/mol. The molecular formula is C45H65N3O10. The Kier molecular flexibility index (Phi) is 14.0. The van der Waals surface area contributed by atoms with Gasteiger partial charge in [0.1, 0.15) is 23.9 Å². The number of aliphatic hydroxyl groups excluding tert-OH is 1. The Bertz CT molecular complexity index is 1850. The van der Waals surface area contributed by atoms with Crippen molar-refractivity contribution in [2.75, 3.05) is 13.7 Å². The van der Waals surface area contributed by atoms with Crippen molar-refractivity contribution in [2.45, 2.75) is 155 Å². The lowest BCUT2D eigenvalue weighted by molar-refractivity contribution is -0.299. The fraction of sp³-hybridized carbons (Fsp3) is 0.667. The highest BCUT2D eigenvalue weighted by Crippen LogP contribution is 2.41. The molecule has 0 aliphatic carbocycles. The predicted molar refractivity (Wildman–Crippen MR) is 220 cm³/mol. The van der Waals surface area contributed by atoms with Crippen LogP contribution in [0.3, 0.4) is 0 Å². The third-order valence-electron chi connectivity index (χ3n) is 12.8. The van der Waals surface area contributed by atoms with Crippen molar-refractivity contribution in [2.24, 2.45) is 23.7 Å². The highest BCUT2D eigenvalue weighted by atomic mass is 16.7. The van der Waals surface area contributed by atoms with Crippen LogP contribution in [0.15, 0.2) is 42.6 Å². The standard InChI is InChI=1S/C45H65N3O10/c1-13-34-45(11)38(47-42(53)58-45)27(4)35(49)25(2)23-44(10,54-20-16-17-30-22-31-18-14-15-19-32(31)46-24-30)39(28(5)36(50)29(6)40(52)56-34)57-41-37(51)33(21-26(3)55-41)48(12)43(7,8)9/h14-19,22,24-29,33-34,37-39,41,51H,13,20-21,23H2,1-12H3,(H,47,53)/b17-16+/t25-,26-,27+,28+,29-,33+,34-,37-,38-,39-,41+,44-,45-/m1/s1. The SMILES string of the molecule is CC[C@H]1OC(=O)[C@H](C)C(=O)[C@H](C)[C@@H](O[C@@H]2O[C@H](C)C[C@H](N(C)C(C)(C)C)[C@H]2O)[C@](C)(OC/C=C/c2cnc3ccccc3c2)C[C@@H](C)C(=O)[C@H](C)[C@H]2NC(=O)O[C@@]21C. The van der Waals surface area contributed by atoms with Crippen LogP contribution in [0.5, 0.6) is 0 Å². The quantitative estimate of drug-likeness (QED) is 0.227. The molecule has 3 aliphatic rings. The third kappa shape index (κ3) is 9.49. The normalized spacial score (nSPS) is 37.0. The number of hydrogen-bond acceptors (Lipinski definition) is 12. The first-order valence-electron chi connectivity index (χ1n) is 20.8. The van der Waals surface area contributed by atoms with Crippen LogP contribution >= 0.6 is 0 Å². The van der Waals surface area contributed by atoms with Gasteiger partial charge in [-0.2, -0.15) is 0 Å². The minimum absolute atomic E-state index is 0.0563. The van der Waals surface area contributed by atoms with Gasteiger partial charge >= 0.3 is 12.1 Å². The number of alkyl carbamates (subject to hydrolysis) is 1. The Morgan fingerprint density at radius 3 is 2.40 bits per heavy atom. The van der Waals surface area contributed by atoms with Crippen molar-refractivity contribution in [3.63, 3.8) is 0 Å². The summed E-state index contributed by atoms with van der Waals surface area (Å²) in [6, 6.07) is 8.67. The molecule has 3 saturated heterocycles. The fourth-order valence-electron chi connectivity index (χ4n) is 9.10. The smallest absolute Gasteiger partial charge is 0.408 e. The number of para-hydroxylation sites is 1.